The second-order valence-electron chi connectivity index (χ2n) is 13.4. The van der Waals surface area contributed by atoms with Gasteiger partial charge in [-0.1, -0.05) is 0 Å². The zero-order chi connectivity index (χ0) is 31.2. The molecule has 2 aromatic carbocycles. The molecule has 8 rings (SSSR count). The first-order valence-corrected chi connectivity index (χ1v) is 15.5. The van der Waals surface area contributed by atoms with E-state index in [2.05, 4.69) is 25.1 Å². The van der Waals surface area contributed by atoms with Crippen molar-refractivity contribution in [1.29, 1.82) is 0 Å². The van der Waals surface area contributed by atoms with Gasteiger partial charge in [0.1, 0.15) is 29.9 Å². The van der Waals surface area contributed by atoms with E-state index in [9.17, 15) is 17.6 Å². The maximum Gasteiger partial charge on any atom is 0.417 e. The molecular formula is C32H32F6N6O. The van der Waals surface area contributed by atoms with Gasteiger partial charge in [-0.25, -0.2) is 13.2 Å². The number of aromatic nitrogens is 4. The molecule has 238 valence electrons. The van der Waals surface area contributed by atoms with Gasteiger partial charge in [0.2, 0.25) is 0 Å². The van der Waals surface area contributed by atoms with Gasteiger partial charge >= 0.3 is 12.2 Å². The molecule has 2 aromatic heterocycles. The number of alkyl halides is 4. The number of piperidine rings is 1. The van der Waals surface area contributed by atoms with Crippen molar-refractivity contribution in [2.24, 2.45) is 11.8 Å². The number of hydrogen-bond donors (Lipinski definition) is 1. The molecule has 13 heteroatoms. The van der Waals surface area contributed by atoms with Crippen LogP contribution in [0.15, 0.2) is 18.3 Å². The summed E-state index contributed by atoms with van der Waals surface area (Å²) in [6.45, 7) is 3.69. The number of nitrogens with one attached hydrogen (secondary N) is 1. The van der Waals surface area contributed by atoms with Crippen LogP contribution in [0.4, 0.5) is 32.2 Å². The van der Waals surface area contributed by atoms with E-state index in [0.29, 0.717) is 43.7 Å². The van der Waals surface area contributed by atoms with Crippen LogP contribution in [0, 0.1) is 30.4 Å². The maximum absolute atomic E-state index is 16.8. The van der Waals surface area contributed by atoms with Crippen molar-refractivity contribution in [1.82, 2.24) is 25.1 Å². The van der Waals surface area contributed by atoms with E-state index in [-0.39, 0.29) is 40.0 Å². The first-order chi connectivity index (χ1) is 21.5. The first-order valence-electron chi connectivity index (χ1n) is 15.5. The van der Waals surface area contributed by atoms with Gasteiger partial charge < -0.3 is 9.64 Å². The Hall–Kier alpha value is -3.61. The van der Waals surface area contributed by atoms with Crippen LogP contribution in [0.25, 0.3) is 32.9 Å². The number of benzene rings is 2. The van der Waals surface area contributed by atoms with Crippen molar-refractivity contribution in [3.63, 3.8) is 0 Å². The highest BCUT2D eigenvalue weighted by Crippen LogP contribution is 2.47. The van der Waals surface area contributed by atoms with Gasteiger partial charge in [0, 0.05) is 42.4 Å². The van der Waals surface area contributed by atoms with Crippen LogP contribution in [-0.2, 0) is 6.18 Å². The van der Waals surface area contributed by atoms with Crippen LogP contribution in [0.3, 0.4) is 0 Å². The zero-order valence-corrected chi connectivity index (χ0v) is 24.7. The molecule has 3 aliphatic heterocycles. The third-order valence-corrected chi connectivity index (χ3v) is 10.4. The molecule has 1 aliphatic carbocycles. The van der Waals surface area contributed by atoms with Crippen LogP contribution in [0.2, 0.25) is 0 Å². The summed E-state index contributed by atoms with van der Waals surface area (Å²) in [5.74, 6) is -1.29. The summed E-state index contributed by atoms with van der Waals surface area (Å²) in [7, 11) is 0. The molecule has 4 aliphatic rings. The number of ether oxygens (including phenoxy) is 1. The Kier molecular flexibility index (Phi) is 6.53. The number of aromatic amines is 1. The van der Waals surface area contributed by atoms with Gasteiger partial charge in [-0.3, -0.25) is 10.00 Å². The van der Waals surface area contributed by atoms with Gasteiger partial charge in [0.15, 0.2) is 5.82 Å². The Bertz CT molecular complexity index is 1810. The highest BCUT2D eigenvalue weighted by Gasteiger charge is 2.49. The molecule has 0 radical (unpaired) electrons. The molecule has 4 aromatic rings. The number of hydrogen-bond acceptors (Lipinski definition) is 6. The summed E-state index contributed by atoms with van der Waals surface area (Å²) in [6.07, 6.45) is 0.545. The minimum Gasteiger partial charge on any atom is -0.461 e. The molecule has 7 nitrogen and oxygen atoms in total. The molecule has 5 heterocycles. The normalized spacial score (nSPS) is 26.8. The number of halogens is 6. The Labute approximate surface area is 254 Å². The maximum atomic E-state index is 16.8. The Morgan fingerprint density at radius 3 is 2.60 bits per heavy atom. The molecule has 2 unspecified atom stereocenters. The van der Waals surface area contributed by atoms with E-state index < -0.39 is 46.2 Å². The lowest BCUT2D eigenvalue weighted by Gasteiger charge is -2.34. The molecule has 0 amide bonds. The van der Waals surface area contributed by atoms with E-state index >= 15 is 8.78 Å². The molecule has 4 atom stereocenters. The summed E-state index contributed by atoms with van der Waals surface area (Å²) in [6, 6.07) is 2.16. The fourth-order valence-corrected chi connectivity index (χ4v) is 8.57. The molecule has 1 saturated carbocycles. The SMILES string of the molecule is Cc1cc2cn[nH]c2c(-c2c(F)cc3c(N4CC5CCC(C5)C4)nc(OC[C@@]45CCCN4C[C@H](F)C5)nc3c2F)c1C(F)(F)F. The lowest BCUT2D eigenvalue weighted by Crippen LogP contribution is -2.43. The molecule has 1 N–H and O–H groups in total. The lowest BCUT2D eigenvalue weighted by molar-refractivity contribution is -0.137. The minimum atomic E-state index is -4.91. The monoisotopic (exact) mass is 630 g/mol. The summed E-state index contributed by atoms with van der Waals surface area (Å²) in [4.78, 5) is 13.1. The Morgan fingerprint density at radius 2 is 1.84 bits per heavy atom. The third kappa shape index (κ3) is 4.63. The van der Waals surface area contributed by atoms with E-state index in [1.54, 1.807) is 0 Å². The first kappa shape index (κ1) is 28.8. The molecular weight excluding hydrogens is 598 g/mol. The smallest absolute Gasteiger partial charge is 0.417 e. The van der Waals surface area contributed by atoms with E-state index in [1.807, 2.05) is 4.90 Å². The number of fused-ring (bicyclic) bond motifs is 5. The van der Waals surface area contributed by atoms with Crippen LogP contribution < -0.4 is 9.64 Å². The van der Waals surface area contributed by atoms with Crippen molar-refractivity contribution < 1.29 is 31.1 Å². The van der Waals surface area contributed by atoms with E-state index in [1.165, 1.54) is 19.2 Å². The zero-order valence-electron chi connectivity index (χ0n) is 24.7. The molecule has 4 fully saturated rings. The second kappa shape index (κ2) is 10.2. The highest BCUT2D eigenvalue weighted by molar-refractivity contribution is 6.01. The number of aryl methyl sites for hydroxylation is 1. The van der Waals surface area contributed by atoms with Crippen molar-refractivity contribution in [2.45, 2.75) is 63.3 Å². The number of rotatable bonds is 5. The molecule has 0 spiro atoms. The van der Waals surface area contributed by atoms with Gasteiger partial charge in [-0.2, -0.15) is 28.2 Å². The molecule has 3 saturated heterocycles. The Morgan fingerprint density at radius 1 is 1.07 bits per heavy atom. The summed E-state index contributed by atoms with van der Waals surface area (Å²) in [5, 5.41) is 6.72. The highest BCUT2D eigenvalue weighted by atomic mass is 19.4. The van der Waals surface area contributed by atoms with Crippen LogP contribution in [0.1, 0.15) is 49.7 Å². The third-order valence-electron chi connectivity index (χ3n) is 10.4. The number of anilines is 1. The average molecular weight is 631 g/mol. The average Bonchev–Trinajstić information content (AvgIpc) is 3.74. The fourth-order valence-electron chi connectivity index (χ4n) is 8.57. The van der Waals surface area contributed by atoms with Gasteiger partial charge in [0.25, 0.3) is 0 Å². The van der Waals surface area contributed by atoms with E-state index in [0.717, 1.165) is 44.7 Å². The molecule has 2 bridgehead atoms. The van der Waals surface area contributed by atoms with Crippen LogP contribution in [-0.4, -0.2) is 69.6 Å². The largest absolute Gasteiger partial charge is 0.461 e. The summed E-state index contributed by atoms with van der Waals surface area (Å²) >= 11 is 0. The van der Waals surface area contributed by atoms with Gasteiger partial charge in [-0.15, -0.1) is 0 Å². The van der Waals surface area contributed by atoms with Crippen molar-refractivity contribution in [3.05, 3.63) is 41.1 Å². The van der Waals surface area contributed by atoms with Crippen LogP contribution in [0.5, 0.6) is 6.01 Å². The van der Waals surface area contributed by atoms with Crippen molar-refractivity contribution in [3.8, 4) is 17.1 Å². The minimum absolute atomic E-state index is 0.0646. The predicted molar refractivity (Wildman–Crippen MR) is 156 cm³/mol. The topological polar surface area (TPSA) is 70.2 Å². The summed E-state index contributed by atoms with van der Waals surface area (Å²) in [5.41, 5.74) is -3.84. The lowest BCUT2D eigenvalue weighted by atomic mass is 9.91. The van der Waals surface area contributed by atoms with Gasteiger partial charge in [0.05, 0.1) is 28.4 Å². The van der Waals surface area contributed by atoms with Crippen LogP contribution >= 0.6 is 0 Å². The molecule has 45 heavy (non-hydrogen) atoms. The quantitative estimate of drug-likeness (QED) is 0.240. The Balaban J connectivity index is 1.31. The van der Waals surface area contributed by atoms with E-state index in [4.69, 9.17) is 4.74 Å². The number of nitrogens with zero attached hydrogens (tertiary/aromatic N) is 5. The second-order valence-corrected chi connectivity index (χ2v) is 13.4. The predicted octanol–water partition coefficient (Wildman–Crippen LogP) is 6.97. The number of H-pyrrole nitrogens is 1. The van der Waals surface area contributed by atoms with Crippen molar-refractivity contribution >= 4 is 27.6 Å². The van der Waals surface area contributed by atoms with Crippen molar-refractivity contribution in [2.75, 3.05) is 37.7 Å². The van der Waals surface area contributed by atoms with Gasteiger partial charge in [-0.05, 0) is 75.1 Å². The standard InChI is InChI=1S/C32H32F6N6O/c1-16-7-19-11-39-42-27(19)24(25(16)32(36,37)38)23-22(34)9-21-28(26(23)35)40-30(41-29(21)43-12-17-3-4-18(8-17)13-43)45-15-31-5-2-6-44(31)14-20(33)10-31/h7,9,11,17-18,20H,2-6,8,10,12-15H2,1H3,(H,39,42)/t17?,18?,20-,31+/m1/s1. The summed E-state index contributed by atoms with van der Waals surface area (Å²) < 4.78 is 96.9. The fraction of sp³-hybridized carbons (Fsp3) is 0.531.